The van der Waals surface area contributed by atoms with E-state index in [1.54, 1.807) is 19.3 Å². The third kappa shape index (κ3) is 1.35. The van der Waals surface area contributed by atoms with Crippen molar-refractivity contribution in [3.63, 3.8) is 0 Å². The van der Waals surface area contributed by atoms with Crippen LogP contribution in [0, 0.1) is 6.92 Å². The summed E-state index contributed by atoms with van der Waals surface area (Å²) in [6.07, 6.45) is 3.16. The molecule has 5 heteroatoms. The van der Waals surface area contributed by atoms with E-state index in [9.17, 15) is 4.79 Å². The lowest BCUT2D eigenvalue weighted by Crippen LogP contribution is -2.03. The molecule has 2 rings (SSSR count). The van der Waals surface area contributed by atoms with Gasteiger partial charge < -0.3 is 4.98 Å². The molecule has 5 nitrogen and oxygen atoms in total. The second-order valence-corrected chi connectivity index (χ2v) is 2.67. The first kappa shape index (κ1) is 7.72. The Balaban J connectivity index is 2.59. The van der Waals surface area contributed by atoms with Gasteiger partial charge in [-0.15, -0.1) is 0 Å². The predicted octanol–water partition coefficient (Wildman–Crippen LogP) is 0.468. The van der Waals surface area contributed by atoms with Crippen molar-refractivity contribution in [2.75, 3.05) is 0 Å². The van der Waals surface area contributed by atoms with Crippen molar-refractivity contribution in [1.29, 1.82) is 0 Å². The number of rotatable bonds is 1. The van der Waals surface area contributed by atoms with Crippen LogP contribution in [0.2, 0.25) is 0 Å². The van der Waals surface area contributed by atoms with Crippen LogP contribution in [0.25, 0.3) is 11.4 Å². The molecule has 0 aliphatic rings. The number of hydrogen-bond donors (Lipinski definition) is 2. The molecule has 2 aromatic heterocycles. The highest BCUT2D eigenvalue weighted by Crippen LogP contribution is 2.06. The largest absolute Gasteiger partial charge is 0.367 e. The predicted molar refractivity (Wildman–Crippen MR) is 47.2 cm³/mol. The number of aromatic amines is 2. The average molecular weight is 176 g/mol. The molecule has 13 heavy (non-hydrogen) atoms. The summed E-state index contributed by atoms with van der Waals surface area (Å²) in [5, 5.41) is 6.57. The van der Waals surface area contributed by atoms with Gasteiger partial charge in [0.1, 0.15) is 5.82 Å². The Morgan fingerprint density at radius 3 is 2.92 bits per heavy atom. The van der Waals surface area contributed by atoms with E-state index in [0.29, 0.717) is 17.2 Å². The van der Waals surface area contributed by atoms with Gasteiger partial charge in [-0.2, -0.15) is 5.10 Å². The molecule has 0 atom stereocenters. The maximum absolute atomic E-state index is 11.3. The van der Waals surface area contributed by atoms with E-state index in [-0.39, 0.29) is 5.43 Å². The van der Waals surface area contributed by atoms with E-state index in [2.05, 4.69) is 20.2 Å². The van der Waals surface area contributed by atoms with E-state index >= 15 is 0 Å². The number of pyridine rings is 1. The number of aromatic nitrogens is 4. The van der Waals surface area contributed by atoms with Crippen molar-refractivity contribution in [2.24, 2.45) is 0 Å². The van der Waals surface area contributed by atoms with Crippen LogP contribution in [0.5, 0.6) is 0 Å². The Bertz CT molecular complexity index is 471. The summed E-state index contributed by atoms with van der Waals surface area (Å²) in [4.78, 5) is 18.2. The lowest BCUT2D eigenvalue weighted by molar-refractivity contribution is 1.04. The Labute approximate surface area is 73.9 Å². The molecule has 0 aliphatic carbocycles. The highest BCUT2D eigenvalue weighted by Gasteiger charge is 2.06. The number of aryl methyl sites for hydroxylation is 1. The average Bonchev–Trinajstić information content (AvgIpc) is 2.53. The molecule has 0 spiro atoms. The maximum Gasteiger partial charge on any atom is 0.192 e. The number of nitrogens with zero attached hydrogens (tertiary/aromatic N) is 2. The third-order valence-corrected chi connectivity index (χ3v) is 1.66. The standard InChI is InChI=1S/C8H8N4O/c1-5-10-8(12-11-5)6-4-9-3-2-7(6)13/h2-4H,1H3,(H,9,13)(H,10,11,12). The summed E-state index contributed by atoms with van der Waals surface area (Å²) in [5.74, 6) is 1.12. The Morgan fingerprint density at radius 1 is 1.46 bits per heavy atom. The summed E-state index contributed by atoms with van der Waals surface area (Å²) in [6.45, 7) is 1.79. The van der Waals surface area contributed by atoms with Gasteiger partial charge in [0.05, 0.1) is 5.56 Å². The van der Waals surface area contributed by atoms with Gasteiger partial charge >= 0.3 is 0 Å². The Hall–Kier alpha value is -1.91. The van der Waals surface area contributed by atoms with Crippen LogP contribution in [-0.2, 0) is 0 Å². The van der Waals surface area contributed by atoms with Crippen molar-refractivity contribution < 1.29 is 0 Å². The highest BCUT2D eigenvalue weighted by atomic mass is 16.1. The van der Waals surface area contributed by atoms with Crippen molar-refractivity contribution in [3.8, 4) is 11.4 Å². The number of nitrogens with one attached hydrogen (secondary N) is 2. The zero-order valence-corrected chi connectivity index (χ0v) is 7.03. The summed E-state index contributed by atoms with van der Waals surface area (Å²) < 4.78 is 0. The molecule has 2 aromatic rings. The first-order valence-electron chi connectivity index (χ1n) is 3.84. The van der Waals surface area contributed by atoms with Crippen molar-refractivity contribution in [3.05, 3.63) is 34.5 Å². The molecule has 0 bridgehead atoms. The molecule has 2 N–H and O–H groups in total. The minimum atomic E-state index is -0.0854. The van der Waals surface area contributed by atoms with Gasteiger partial charge in [0, 0.05) is 18.5 Å². The molecule has 0 amide bonds. The van der Waals surface area contributed by atoms with Gasteiger partial charge in [-0.1, -0.05) is 0 Å². The Kier molecular flexibility index (Phi) is 1.70. The lowest BCUT2D eigenvalue weighted by Gasteiger charge is -1.90. The number of H-pyrrole nitrogens is 2. The van der Waals surface area contributed by atoms with Crippen LogP contribution in [-0.4, -0.2) is 20.2 Å². The molecule has 0 unspecified atom stereocenters. The summed E-state index contributed by atoms with van der Waals surface area (Å²) in [7, 11) is 0. The summed E-state index contributed by atoms with van der Waals surface area (Å²) in [5.41, 5.74) is 0.393. The topological polar surface area (TPSA) is 74.4 Å². The van der Waals surface area contributed by atoms with E-state index < -0.39 is 0 Å². The second-order valence-electron chi connectivity index (χ2n) is 2.67. The van der Waals surface area contributed by atoms with Crippen LogP contribution < -0.4 is 5.43 Å². The van der Waals surface area contributed by atoms with E-state index in [4.69, 9.17) is 0 Å². The molecular formula is C8H8N4O. The monoisotopic (exact) mass is 176 g/mol. The molecule has 0 aromatic carbocycles. The van der Waals surface area contributed by atoms with Gasteiger partial charge in [0.15, 0.2) is 11.3 Å². The van der Waals surface area contributed by atoms with E-state index in [0.717, 1.165) is 0 Å². The molecule has 2 heterocycles. The van der Waals surface area contributed by atoms with Gasteiger partial charge in [-0.05, 0) is 6.92 Å². The summed E-state index contributed by atoms with van der Waals surface area (Å²) in [6, 6.07) is 1.45. The minimum absolute atomic E-state index is 0.0854. The lowest BCUT2D eigenvalue weighted by atomic mass is 10.2. The van der Waals surface area contributed by atoms with Gasteiger partial charge in [0.25, 0.3) is 0 Å². The first-order valence-corrected chi connectivity index (χ1v) is 3.84. The van der Waals surface area contributed by atoms with E-state index in [1.165, 1.54) is 6.07 Å². The van der Waals surface area contributed by atoms with Crippen LogP contribution in [0.4, 0.5) is 0 Å². The first-order chi connectivity index (χ1) is 6.27. The second kappa shape index (κ2) is 2.85. The number of hydrogen-bond acceptors (Lipinski definition) is 3. The molecular weight excluding hydrogens is 168 g/mol. The fourth-order valence-corrected chi connectivity index (χ4v) is 1.05. The van der Waals surface area contributed by atoms with Crippen LogP contribution in [0.1, 0.15) is 5.82 Å². The Morgan fingerprint density at radius 2 is 2.31 bits per heavy atom. The summed E-state index contributed by atoms with van der Waals surface area (Å²) >= 11 is 0. The van der Waals surface area contributed by atoms with Gasteiger partial charge in [0.2, 0.25) is 0 Å². The zero-order valence-electron chi connectivity index (χ0n) is 7.03. The van der Waals surface area contributed by atoms with Crippen molar-refractivity contribution >= 4 is 0 Å². The van der Waals surface area contributed by atoms with Crippen LogP contribution >= 0.6 is 0 Å². The SMILES string of the molecule is Cc1nc(-c2c[nH]ccc2=O)n[nH]1. The fourth-order valence-electron chi connectivity index (χ4n) is 1.05. The van der Waals surface area contributed by atoms with Crippen LogP contribution in [0.3, 0.4) is 0 Å². The zero-order chi connectivity index (χ0) is 9.26. The quantitative estimate of drug-likeness (QED) is 0.663. The maximum atomic E-state index is 11.3. The van der Waals surface area contributed by atoms with Crippen molar-refractivity contribution in [2.45, 2.75) is 6.92 Å². The van der Waals surface area contributed by atoms with Crippen molar-refractivity contribution in [1.82, 2.24) is 20.2 Å². The molecule has 0 fully saturated rings. The van der Waals surface area contributed by atoms with Crippen LogP contribution in [0.15, 0.2) is 23.3 Å². The molecule has 0 aliphatic heterocycles. The smallest absolute Gasteiger partial charge is 0.192 e. The molecule has 0 radical (unpaired) electrons. The third-order valence-electron chi connectivity index (χ3n) is 1.66. The highest BCUT2D eigenvalue weighted by molar-refractivity contribution is 5.52. The minimum Gasteiger partial charge on any atom is -0.367 e. The molecule has 0 saturated heterocycles. The molecule has 66 valence electrons. The fraction of sp³-hybridized carbons (Fsp3) is 0.125. The normalized spacial score (nSPS) is 10.2. The van der Waals surface area contributed by atoms with Gasteiger partial charge in [-0.3, -0.25) is 9.89 Å². The van der Waals surface area contributed by atoms with Gasteiger partial charge in [-0.25, -0.2) is 4.98 Å². The molecule has 0 saturated carbocycles. The van der Waals surface area contributed by atoms with E-state index in [1.807, 2.05) is 0 Å².